The molecule has 0 aliphatic carbocycles. The second-order valence-electron chi connectivity index (χ2n) is 5.52. The average molecular weight is 310 g/mol. The molecule has 0 unspecified atom stereocenters. The van der Waals surface area contributed by atoms with Gasteiger partial charge in [0.25, 0.3) is 0 Å². The number of rotatable bonds is 3. The van der Waals surface area contributed by atoms with Crippen LogP contribution in [0.3, 0.4) is 0 Å². The summed E-state index contributed by atoms with van der Waals surface area (Å²) in [5.74, 6) is -0.129. The molecule has 3 heteroatoms. The van der Waals surface area contributed by atoms with Crippen LogP contribution in [0.15, 0.2) is 78.9 Å². The molecule has 0 fully saturated rings. The van der Waals surface area contributed by atoms with Crippen molar-refractivity contribution in [2.45, 2.75) is 0 Å². The third kappa shape index (κ3) is 2.79. The Morgan fingerprint density at radius 2 is 1.33 bits per heavy atom. The number of ketones is 1. The minimum Gasteiger partial charge on any atom is -0.288 e. The molecular formula is C21H14N2O. The number of pyridine rings is 2. The van der Waals surface area contributed by atoms with Crippen molar-refractivity contribution in [3.63, 3.8) is 0 Å². The number of carbonyl (C=O) groups excluding carboxylic acids is 1. The highest BCUT2D eigenvalue weighted by atomic mass is 16.1. The van der Waals surface area contributed by atoms with Gasteiger partial charge in [0.05, 0.1) is 16.7 Å². The van der Waals surface area contributed by atoms with Crippen molar-refractivity contribution in [1.82, 2.24) is 9.97 Å². The number of nitrogens with zero attached hydrogens (tertiary/aromatic N) is 2. The Morgan fingerprint density at radius 3 is 2.08 bits per heavy atom. The lowest BCUT2D eigenvalue weighted by molar-refractivity contribution is 0.104. The van der Waals surface area contributed by atoms with Gasteiger partial charge in [-0.15, -0.1) is 0 Å². The molecule has 2 aromatic carbocycles. The number of carbonyl (C=O) groups is 1. The van der Waals surface area contributed by atoms with Gasteiger partial charge in [0, 0.05) is 10.8 Å². The molecule has 0 radical (unpaired) electrons. The van der Waals surface area contributed by atoms with Crippen molar-refractivity contribution in [3.8, 4) is 0 Å². The van der Waals surface area contributed by atoms with Crippen molar-refractivity contribution in [2.24, 2.45) is 0 Å². The smallest absolute Gasteiger partial charge is 0.204 e. The van der Waals surface area contributed by atoms with E-state index in [4.69, 9.17) is 0 Å². The normalized spacial score (nSPS) is 11.3. The van der Waals surface area contributed by atoms with Gasteiger partial charge in [-0.05, 0) is 36.4 Å². The summed E-state index contributed by atoms with van der Waals surface area (Å²) in [6.45, 7) is 0. The summed E-state index contributed by atoms with van der Waals surface area (Å²) >= 11 is 0. The molecule has 0 atom stereocenters. The van der Waals surface area contributed by atoms with Crippen molar-refractivity contribution in [3.05, 3.63) is 90.3 Å². The predicted molar refractivity (Wildman–Crippen MR) is 96.9 cm³/mol. The van der Waals surface area contributed by atoms with E-state index >= 15 is 0 Å². The first-order valence-electron chi connectivity index (χ1n) is 7.74. The Hall–Kier alpha value is -3.33. The van der Waals surface area contributed by atoms with Crippen molar-refractivity contribution >= 4 is 33.7 Å². The molecule has 0 aliphatic rings. The molecule has 0 spiro atoms. The molecule has 0 N–H and O–H groups in total. The minimum atomic E-state index is -0.129. The zero-order valence-corrected chi connectivity index (χ0v) is 12.9. The standard InChI is InChI=1S/C21H14N2O/c24-21(20-13-10-16-6-2-4-8-19(16)23-20)14-12-17-11-9-15-5-1-3-7-18(15)22-17/h1-14H/b14-12+. The number of hydrogen-bond donors (Lipinski definition) is 0. The molecule has 2 aromatic heterocycles. The van der Waals surface area contributed by atoms with E-state index in [-0.39, 0.29) is 5.78 Å². The Balaban J connectivity index is 1.62. The quantitative estimate of drug-likeness (QED) is 0.407. The lowest BCUT2D eigenvalue weighted by atomic mass is 10.1. The van der Waals surface area contributed by atoms with Crippen LogP contribution in [0.2, 0.25) is 0 Å². The van der Waals surface area contributed by atoms with Crippen LogP contribution < -0.4 is 0 Å². The molecule has 2 heterocycles. The summed E-state index contributed by atoms with van der Waals surface area (Å²) in [5.41, 5.74) is 2.92. The fraction of sp³-hybridized carbons (Fsp3) is 0. The Labute approximate surface area is 139 Å². The van der Waals surface area contributed by atoms with Gasteiger partial charge in [0.2, 0.25) is 5.78 Å². The van der Waals surface area contributed by atoms with Crippen LogP contribution >= 0.6 is 0 Å². The largest absolute Gasteiger partial charge is 0.288 e. The number of aromatic nitrogens is 2. The van der Waals surface area contributed by atoms with Crippen LogP contribution in [0, 0.1) is 0 Å². The van der Waals surface area contributed by atoms with Gasteiger partial charge in [0.15, 0.2) is 0 Å². The molecule has 0 amide bonds. The van der Waals surface area contributed by atoms with E-state index in [1.807, 2.05) is 66.7 Å². The maximum absolute atomic E-state index is 12.3. The average Bonchev–Trinajstić information content (AvgIpc) is 2.65. The highest BCUT2D eigenvalue weighted by molar-refractivity contribution is 6.06. The molecular weight excluding hydrogens is 296 g/mol. The molecule has 4 rings (SSSR count). The summed E-state index contributed by atoms with van der Waals surface area (Å²) < 4.78 is 0. The first-order chi connectivity index (χ1) is 11.8. The zero-order chi connectivity index (χ0) is 16.4. The lowest BCUT2D eigenvalue weighted by Crippen LogP contribution is -1.98. The van der Waals surface area contributed by atoms with E-state index in [2.05, 4.69) is 9.97 Å². The Kier molecular flexibility index (Phi) is 3.60. The van der Waals surface area contributed by atoms with Crippen molar-refractivity contribution in [2.75, 3.05) is 0 Å². The van der Waals surface area contributed by atoms with E-state index in [9.17, 15) is 4.79 Å². The fourth-order valence-corrected chi connectivity index (χ4v) is 2.62. The second kappa shape index (κ2) is 6.05. The molecule has 0 aliphatic heterocycles. The second-order valence-corrected chi connectivity index (χ2v) is 5.52. The number of para-hydroxylation sites is 2. The Morgan fingerprint density at radius 1 is 0.708 bits per heavy atom. The summed E-state index contributed by atoms with van der Waals surface area (Å²) in [4.78, 5) is 21.3. The molecule has 4 aromatic rings. The van der Waals surface area contributed by atoms with E-state index < -0.39 is 0 Å². The molecule has 0 saturated heterocycles. The highest BCUT2D eigenvalue weighted by Gasteiger charge is 2.05. The van der Waals surface area contributed by atoms with Crippen LogP contribution in [0.1, 0.15) is 16.2 Å². The van der Waals surface area contributed by atoms with Gasteiger partial charge in [-0.2, -0.15) is 0 Å². The minimum absolute atomic E-state index is 0.129. The fourth-order valence-electron chi connectivity index (χ4n) is 2.62. The third-order valence-corrected chi connectivity index (χ3v) is 3.88. The van der Waals surface area contributed by atoms with Gasteiger partial charge in [-0.3, -0.25) is 4.79 Å². The summed E-state index contributed by atoms with van der Waals surface area (Å²) in [7, 11) is 0. The van der Waals surface area contributed by atoms with Crippen LogP contribution in [0.25, 0.3) is 27.9 Å². The van der Waals surface area contributed by atoms with Gasteiger partial charge < -0.3 is 0 Å². The van der Waals surface area contributed by atoms with Gasteiger partial charge >= 0.3 is 0 Å². The lowest BCUT2D eigenvalue weighted by Gasteiger charge is -2.00. The first kappa shape index (κ1) is 14.3. The van der Waals surface area contributed by atoms with Crippen molar-refractivity contribution < 1.29 is 4.79 Å². The number of benzene rings is 2. The van der Waals surface area contributed by atoms with Crippen LogP contribution in [-0.4, -0.2) is 15.8 Å². The van der Waals surface area contributed by atoms with Gasteiger partial charge in [-0.1, -0.05) is 48.5 Å². The van der Waals surface area contributed by atoms with E-state index in [1.165, 1.54) is 6.08 Å². The summed E-state index contributed by atoms with van der Waals surface area (Å²) in [6.07, 6.45) is 3.25. The van der Waals surface area contributed by atoms with Gasteiger partial charge in [0.1, 0.15) is 5.69 Å². The third-order valence-electron chi connectivity index (χ3n) is 3.88. The number of fused-ring (bicyclic) bond motifs is 2. The molecule has 114 valence electrons. The predicted octanol–water partition coefficient (Wildman–Crippen LogP) is 4.68. The van der Waals surface area contributed by atoms with Crippen LogP contribution in [0.4, 0.5) is 0 Å². The molecule has 24 heavy (non-hydrogen) atoms. The van der Waals surface area contributed by atoms with Gasteiger partial charge in [-0.25, -0.2) is 9.97 Å². The monoisotopic (exact) mass is 310 g/mol. The SMILES string of the molecule is O=C(/C=C/c1ccc2ccccc2n1)c1ccc2ccccc2n1. The highest BCUT2D eigenvalue weighted by Crippen LogP contribution is 2.14. The summed E-state index contributed by atoms with van der Waals surface area (Å²) in [6, 6.07) is 23.2. The van der Waals surface area contributed by atoms with Crippen LogP contribution in [-0.2, 0) is 0 Å². The molecule has 3 nitrogen and oxygen atoms in total. The zero-order valence-electron chi connectivity index (χ0n) is 12.9. The molecule has 0 bridgehead atoms. The van der Waals surface area contributed by atoms with E-state index in [0.717, 1.165) is 27.5 Å². The number of allylic oxidation sites excluding steroid dienone is 1. The maximum Gasteiger partial charge on any atom is 0.204 e. The van der Waals surface area contributed by atoms with E-state index in [1.54, 1.807) is 12.1 Å². The first-order valence-corrected chi connectivity index (χ1v) is 7.74. The topological polar surface area (TPSA) is 42.9 Å². The molecule has 0 saturated carbocycles. The maximum atomic E-state index is 12.3. The van der Waals surface area contributed by atoms with Crippen LogP contribution in [0.5, 0.6) is 0 Å². The van der Waals surface area contributed by atoms with E-state index in [0.29, 0.717) is 5.69 Å². The Bertz CT molecular complexity index is 1080. The summed E-state index contributed by atoms with van der Waals surface area (Å²) in [5, 5.41) is 2.10. The van der Waals surface area contributed by atoms with Crippen molar-refractivity contribution in [1.29, 1.82) is 0 Å². The number of hydrogen-bond acceptors (Lipinski definition) is 3.